The summed E-state index contributed by atoms with van der Waals surface area (Å²) >= 11 is 0. The molecule has 1 aliphatic heterocycles. The van der Waals surface area contributed by atoms with E-state index in [2.05, 4.69) is 24.9 Å². The highest BCUT2D eigenvalue weighted by molar-refractivity contribution is 5.92. The molecule has 11 nitrogen and oxygen atoms in total. The molecular weight excluding hydrogens is 528 g/mol. The fraction of sp³-hybridized carbons (Fsp3) is 0.476. The van der Waals surface area contributed by atoms with Gasteiger partial charge < -0.3 is 25.7 Å². The maximum Gasteiger partial charge on any atom is 0.416 e. The van der Waals surface area contributed by atoms with Gasteiger partial charge in [-0.3, -0.25) is 4.79 Å². The molecule has 4 N–H and O–H groups in total. The van der Waals surface area contributed by atoms with Gasteiger partial charge in [0.05, 0.1) is 30.1 Å². The number of halogens is 6. The third-order valence-corrected chi connectivity index (χ3v) is 6.02. The van der Waals surface area contributed by atoms with Crippen molar-refractivity contribution in [3.05, 3.63) is 41.0 Å². The summed E-state index contributed by atoms with van der Waals surface area (Å²) in [5.74, 6) is -2.21. The molecule has 0 saturated carbocycles. The van der Waals surface area contributed by atoms with E-state index in [9.17, 15) is 35.9 Å². The molecule has 3 amide bonds. The number of nitrogens with zero attached hydrogens (tertiary/aromatic N) is 4. The van der Waals surface area contributed by atoms with Crippen molar-refractivity contribution in [2.24, 2.45) is 5.73 Å². The first kappa shape index (κ1) is 27.2. The van der Waals surface area contributed by atoms with Crippen molar-refractivity contribution in [3.8, 4) is 0 Å². The van der Waals surface area contributed by atoms with E-state index < -0.39 is 60.7 Å². The summed E-state index contributed by atoms with van der Waals surface area (Å²) in [4.78, 5) is 32.0. The molecule has 0 bridgehead atoms. The Kier molecular flexibility index (Phi) is 6.75. The average Bonchev–Trinajstić information content (AvgIpc) is 3.51. The topological polar surface area (TPSA) is 152 Å². The molecule has 0 radical (unpaired) electrons. The van der Waals surface area contributed by atoms with Gasteiger partial charge in [-0.2, -0.15) is 26.3 Å². The number of hydrogen-bond acceptors (Lipinski definition) is 7. The number of imidazole rings is 1. The maximum atomic E-state index is 13.4. The average molecular weight is 549 g/mol. The molecule has 0 spiro atoms. The van der Waals surface area contributed by atoms with Crippen LogP contribution in [0.15, 0.2) is 22.8 Å². The smallest absolute Gasteiger partial charge is 0.365 e. The van der Waals surface area contributed by atoms with Crippen LogP contribution in [0.3, 0.4) is 0 Å². The van der Waals surface area contributed by atoms with Crippen molar-refractivity contribution in [1.29, 1.82) is 0 Å². The highest BCUT2D eigenvalue weighted by Gasteiger charge is 2.49. The summed E-state index contributed by atoms with van der Waals surface area (Å²) in [5, 5.41) is 8.90. The number of carbonyl (C=O) groups is 2. The molecule has 1 aromatic carbocycles. The molecule has 206 valence electrons. The molecule has 1 saturated heterocycles. The number of carbonyl (C=O) groups excluding carboxylic acids is 2. The number of nitrogens with two attached hydrogens (primary N) is 1. The van der Waals surface area contributed by atoms with Crippen LogP contribution >= 0.6 is 0 Å². The Morgan fingerprint density at radius 3 is 2.55 bits per heavy atom. The molecule has 0 unspecified atom stereocenters. The number of primary amides is 1. The van der Waals surface area contributed by atoms with E-state index >= 15 is 0 Å². The van der Waals surface area contributed by atoms with E-state index in [0.29, 0.717) is 16.6 Å². The van der Waals surface area contributed by atoms with Crippen LogP contribution in [0.5, 0.6) is 0 Å². The molecule has 17 heteroatoms. The molecule has 1 fully saturated rings. The molecule has 3 aromatic rings. The van der Waals surface area contributed by atoms with Gasteiger partial charge in [-0.05, 0) is 36.7 Å². The Bertz CT molecular complexity index is 1350. The number of H-pyrrole nitrogens is 1. The van der Waals surface area contributed by atoms with Crippen molar-refractivity contribution < 1.29 is 45.3 Å². The largest absolute Gasteiger partial charge is 0.416 e. The minimum absolute atomic E-state index is 0.0318. The monoisotopic (exact) mass is 549 g/mol. The Morgan fingerprint density at radius 1 is 1.24 bits per heavy atom. The summed E-state index contributed by atoms with van der Waals surface area (Å²) in [5.41, 5.74) is 3.22. The lowest BCUT2D eigenvalue weighted by atomic mass is 10.0. The summed E-state index contributed by atoms with van der Waals surface area (Å²) in [7, 11) is 0. The standard InChI is InChI=1S/C21H21F6N7O4/c1-19(2,21(25,26)27)37-8-10(14-15(16(28)35)33-38-32-14)17-29-11-4-3-9(5-12(11)30-17)6-34-7-13(20(22,23)24)31-18(34)36/h3-5,10,13H,6-8H2,1-2H3,(H2,28,35)(H,29,30)(H,31,36)/t10-,13+/m1/s1. The number of alkyl halides is 6. The number of fused-ring (bicyclic) bond motifs is 1. The first-order chi connectivity index (χ1) is 17.6. The summed E-state index contributed by atoms with van der Waals surface area (Å²) in [6, 6.07) is 1.70. The van der Waals surface area contributed by atoms with E-state index in [-0.39, 0.29) is 18.1 Å². The first-order valence-corrected chi connectivity index (χ1v) is 11.0. The van der Waals surface area contributed by atoms with Gasteiger partial charge in [0.1, 0.15) is 17.6 Å². The van der Waals surface area contributed by atoms with E-state index in [1.165, 1.54) is 18.2 Å². The van der Waals surface area contributed by atoms with Crippen molar-refractivity contribution >= 4 is 23.0 Å². The van der Waals surface area contributed by atoms with Crippen LogP contribution in [0, 0.1) is 0 Å². The number of ether oxygens (including phenoxy) is 1. The number of amides is 3. The van der Waals surface area contributed by atoms with E-state index in [1.54, 1.807) is 0 Å². The van der Waals surface area contributed by atoms with Crippen molar-refractivity contribution in [1.82, 2.24) is 30.5 Å². The van der Waals surface area contributed by atoms with Gasteiger partial charge in [0.25, 0.3) is 5.91 Å². The summed E-state index contributed by atoms with van der Waals surface area (Å²) < 4.78 is 88.7. The third kappa shape index (κ3) is 5.36. The highest BCUT2D eigenvalue weighted by Crippen LogP contribution is 2.35. The molecule has 3 heterocycles. The molecule has 1 aliphatic rings. The lowest BCUT2D eigenvalue weighted by Crippen LogP contribution is -2.43. The Labute approximate surface area is 209 Å². The Balaban J connectivity index is 1.63. The van der Waals surface area contributed by atoms with Crippen LogP contribution in [-0.4, -0.2) is 74.3 Å². The predicted octanol–water partition coefficient (Wildman–Crippen LogP) is 2.99. The SMILES string of the molecule is CC(C)(OC[C@@H](c1nc2ccc(CN3C[C@@H](C(F)(F)F)NC3=O)cc2[nH]1)c1nonc1C(N)=O)C(F)(F)F. The number of hydrogen-bond donors (Lipinski definition) is 3. The fourth-order valence-electron chi connectivity index (χ4n) is 3.73. The normalized spacial score (nSPS) is 17.7. The molecule has 0 aliphatic carbocycles. The zero-order chi connectivity index (χ0) is 28.0. The zero-order valence-electron chi connectivity index (χ0n) is 19.8. The van der Waals surface area contributed by atoms with Crippen LogP contribution in [0.2, 0.25) is 0 Å². The highest BCUT2D eigenvalue weighted by atomic mass is 19.4. The molecule has 2 aromatic heterocycles. The van der Waals surface area contributed by atoms with Crippen LogP contribution in [0.25, 0.3) is 11.0 Å². The number of aromatic nitrogens is 4. The maximum absolute atomic E-state index is 13.4. The van der Waals surface area contributed by atoms with Gasteiger partial charge in [-0.25, -0.2) is 14.4 Å². The lowest BCUT2D eigenvalue weighted by molar-refractivity contribution is -0.264. The third-order valence-electron chi connectivity index (χ3n) is 6.02. The summed E-state index contributed by atoms with van der Waals surface area (Å²) in [6.07, 6.45) is -9.31. The van der Waals surface area contributed by atoms with E-state index in [0.717, 1.165) is 18.7 Å². The Hall–Kier alpha value is -3.89. The van der Waals surface area contributed by atoms with Crippen LogP contribution in [-0.2, 0) is 11.3 Å². The Morgan fingerprint density at radius 2 is 1.95 bits per heavy atom. The lowest BCUT2D eigenvalue weighted by Gasteiger charge is -2.29. The minimum Gasteiger partial charge on any atom is -0.365 e. The van der Waals surface area contributed by atoms with Gasteiger partial charge in [-0.1, -0.05) is 11.2 Å². The van der Waals surface area contributed by atoms with E-state index in [4.69, 9.17) is 10.5 Å². The van der Waals surface area contributed by atoms with Gasteiger partial charge in [0, 0.05) is 6.54 Å². The number of aromatic amines is 1. The van der Waals surface area contributed by atoms with Gasteiger partial charge >= 0.3 is 18.4 Å². The van der Waals surface area contributed by atoms with Crippen molar-refractivity contribution in [2.45, 2.75) is 50.3 Å². The quantitative estimate of drug-likeness (QED) is 0.365. The van der Waals surface area contributed by atoms with Crippen LogP contribution in [0.1, 0.15) is 47.3 Å². The zero-order valence-corrected chi connectivity index (χ0v) is 19.8. The second-order valence-corrected chi connectivity index (χ2v) is 9.13. The van der Waals surface area contributed by atoms with Crippen LogP contribution in [0.4, 0.5) is 31.1 Å². The first-order valence-electron chi connectivity index (χ1n) is 11.0. The number of nitrogens with one attached hydrogen (secondary N) is 2. The van der Waals surface area contributed by atoms with Crippen LogP contribution < -0.4 is 11.1 Å². The number of benzene rings is 1. The summed E-state index contributed by atoms with van der Waals surface area (Å²) in [6.45, 7) is 0.276. The van der Waals surface area contributed by atoms with Gasteiger partial charge in [0.2, 0.25) is 0 Å². The minimum atomic E-state index is -4.72. The van der Waals surface area contributed by atoms with Crippen molar-refractivity contribution in [3.63, 3.8) is 0 Å². The second kappa shape index (κ2) is 9.45. The fourth-order valence-corrected chi connectivity index (χ4v) is 3.73. The van der Waals surface area contributed by atoms with Gasteiger partial charge in [-0.15, -0.1) is 0 Å². The molecule has 2 atom stereocenters. The van der Waals surface area contributed by atoms with Gasteiger partial charge in [0.15, 0.2) is 11.3 Å². The molecule has 4 rings (SSSR count). The van der Waals surface area contributed by atoms with E-state index in [1.807, 2.05) is 5.32 Å². The van der Waals surface area contributed by atoms with Crippen molar-refractivity contribution in [2.75, 3.05) is 13.2 Å². The number of urea groups is 1. The molecule has 38 heavy (non-hydrogen) atoms. The predicted molar refractivity (Wildman–Crippen MR) is 116 cm³/mol. The second-order valence-electron chi connectivity index (χ2n) is 9.13. The molecular formula is C21H21F6N7O4. The number of rotatable bonds is 8.